The van der Waals surface area contributed by atoms with Crippen LogP contribution in [0, 0.1) is 13.8 Å². The molecule has 0 fully saturated rings. The summed E-state index contributed by atoms with van der Waals surface area (Å²) in [7, 11) is 0. The Labute approximate surface area is 332 Å². The van der Waals surface area contributed by atoms with Crippen LogP contribution < -0.4 is 0 Å². The van der Waals surface area contributed by atoms with Gasteiger partial charge in [-0.1, -0.05) is 48.5 Å². The van der Waals surface area contributed by atoms with Crippen LogP contribution in [0.15, 0.2) is 170 Å². The van der Waals surface area contributed by atoms with Crippen LogP contribution in [0.4, 0.5) is 0 Å². The number of hydrogen-bond acceptors (Lipinski definition) is 4. The van der Waals surface area contributed by atoms with Crippen molar-refractivity contribution in [2.75, 3.05) is 0 Å². The molecule has 0 atom stereocenters. The van der Waals surface area contributed by atoms with Gasteiger partial charge < -0.3 is 9.13 Å². The highest BCUT2D eigenvalue weighted by Gasteiger charge is 2.21. The molecular formula is C50H34N4S2. The first-order chi connectivity index (χ1) is 27.6. The predicted molar refractivity (Wildman–Crippen MR) is 238 cm³/mol. The maximum Gasteiger partial charge on any atom is 0.0571 e. The molecule has 56 heavy (non-hydrogen) atoms. The largest absolute Gasteiger partial charge is 0.309 e. The zero-order chi connectivity index (χ0) is 37.3. The van der Waals surface area contributed by atoms with Crippen molar-refractivity contribution < 1.29 is 0 Å². The van der Waals surface area contributed by atoms with Crippen molar-refractivity contribution in [2.24, 2.45) is 0 Å². The van der Waals surface area contributed by atoms with Gasteiger partial charge >= 0.3 is 0 Å². The van der Waals surface area contributed by atoms with Gasteiger partial charge in [-0.25, -0.2) is 0 Å². The summed E-state index contributed by atoms with van der Waals surface area (Å²) in [5, 5.41) is 4.63. The molecule has 0 amide bonds. The zero-order valence-corrected chi connectivity index (χ0v) is 32.4. The van der Waals surface area contributed by atoms with Crippen LogP contribution in [0.1, 0.15) is 9.75 Å². The summed E-state index contributed by atoms with van der Waals surface area (Å²) in [6, 6.07) is 53.3. The van der Waals surface area contributed by atoms with Gasteiger partial charge in [0.25, 0.3) is 0 Å². The summed E-state index contributed by atoms with van der Waals surface area (Å²) in [6.07, 6.45) is 7.80. The highest BCUT2D eigenvalue weighted by atomic mass is 32.1. The summed E-state index contributed by atoms with van der Waals surface area (Å²) in [4.78, 5) is 14.3. The maximum atomic E-state index is 4.60. The summed E-state index contributed by atoms with van der Waals surface area (Å²) in [5.74, 6) is 0. The minimum Gasteiger partial charge on any atom is -0.309 e. The van der Waals surface area contributed by atoms with Gasteiger partial charge in [0.2, 0.25) is 0 Å². The molecule has 0 radical (unpaired) electrons. The third-order valence-corrected chi connectivity index (χ3v) is 13.0. The maximum absolute atomic E-state index is 4.60. The average Bonchev–Trinajstić information content (AvgIpc) is 4.04. The number of benzene rings is 5. The van der Waals surface area contributed by atoms with Crippen molar-refractivity contribution in [3.8, 4) is 54.5 Å². The van der Waals surface area contributed by atoms with Gasteiger partial charge in [0.05, 0.1) is 22.1 Å². The molecule has 0 N–H and O–H groups in total. The zero-order valence-electron chi connectivity index (χ0n) is 30.8. The number of nitrogens with zero attached hydrogens (tertiary/aromatic N) is 4. The average molecular weight is 755 g/mol. The van der Waals surface area contributed by atoms with Gasteiger partial charge in [-0.3, -0.25) is 9.97 Å². The number of fused-ring (bicyclic) bond motifs is 6. The molecule has 11 rings (SSSR count). The number of hydrogen-bond donors (Lipinski definition) is 0. The lowest BCUT2D eigenvalue weighted by atomic mass is 9.88. The van der Waals surface area contributed by atoms with Gasteiger partial charge in [0.15, 0.2) is 0 Å². The van der Waals surface area contributed by atoms with E-state index in [0.29, 0.717) is 0 Å². The van der Waals surface area contributed by atoms with E-state index in [-0.39, 0.29) is 0 Å². The molecule has 0 aliphatic rings. The van der Waals surface area contributed by atoms with Crippen molar-refractivity contribution in [3.63, 3.8) is 0 Å². The Morgan fingerprint density at radius 2 is 0.821 bits per heavy atom. The van der Waals surface area contributed by atoms with Crippen LogP contribution >= 0.6 is 22.7 Å². The third-order valence-electron chi connectivity index (χ3n) is 11.0. The quantitative estimate of drug-likeness (QED) is 0.169. The van der Waals surface area contributed by atoms with Crippen molar-refractivity contribution in [1.82, 2.24) is 19.1 Å². The Kier molecular flexibility index (Phi) is 7.62. The second-order valence-corrected chi connectivity index (χ2v) is 16.9. The van der Waals surface area contributed by atoms with E-state index in [2.05, 4.69) is 179 Å². The molecule has 0 aliphatic carbocycles. The van der Waals surface area contributed by atoms with E-state index in [4.69, 9.17) is 0 Å². The molecule has 6 heterocycles. The van der Waals surface area contributed by atoms with Gasteiger partial charge in [-0.2, -0.15) is 0 Å². The Morgan fingerprint density at radius 1 is 0.393 bits per heavy atom. The Balaban J connectivity index is 1.21. The number of para-hydroxylation sites is 2. The fourth-order valence-electron chi connectivity index (χ4n) is 8.42. The highest BCUT2D eigenvalue weighted by Crippen LogP contribution is 2.47. The monoisotopic (exact) mass is 754 g/mol. The molecule has 0 unspecified atom stereocenters. The normalized spacial score (nSPS) is 11.8. The lowest BCUT2D eigenvalue weighted by Crippen LogP contribution is -1.94. The van der Waals surface area contributed by atoms with Crippen LogP contribution in [0.3, 0.4) is 0 Å². The Hall–Kier alpha value is -6.60. The van der Waals surface area contributed by atoms with E-state index >= 15 is 0 Å². The van der Waals surface area contributed by atoms with Crippen molar-refractivity contribution in [1.29, 1.82) is 0 Å². The van der Waals surface area contributed by atoms with E-state index in [0.717, 1.165) is 44.2 Å². The van der Waals surface area contributed by atoms with Gasteiger partial charge in [0.1, 0.15) is 0 Å². The number of aromatic nitrogens is 4. The third kappa shape index (κ3) is 5.25. The molecule has 6 heteroatoms. The molecule has 0 aliphatic heterocycles. The Bertz CT molecular complexity index is 3050. The van der Waals surface area contributed by atoms with Crippen LogP contribution in [0.5, 0.6) is 0 Å². The van der Waals surface area contributed by atoms with Gasteiger partial charge in [-0.15, -0.1) is 22.7 Å². The molecule has 6 aromatic heterocycles. The lowest BCUT2D eigenvalue weighted by molar-refractivity contribution is 1.17. The van der Waals surface area contributed by atoms with E-state index in [1.807, 2.05) is 47.5 Å². The van der Waals surface area contributed by atoms with Gasteiger partial charge in [0, 0.05) is 88.3 Å². The molecule has 5 aromatic carbocycles. The molecular weight excluding hydrogens is 721 g/mol. The number of thiophene rings is 2. The topological polar surface area (TPSA) is 35.6 Å². The van der Waals surface area contributed by atoms with Crippen molar-refractivity contribution in [3.05, 3.63) is 180 Å². The first kappa shape index (κ1) is 32.8. The van der Waals surface area contributed by atoms with Crippen molar-refractivity contribution >= 4 is 66.3 Å². The first-order valence-electron chi connectivity index (χ1n) is 18.8. The lowest BCUT2D eigenvalue weighted by Gasteiger charge is -2.17. The van der Waals surface area contributed by atoms with E-state index in [9.17, 15) is 0 Å². The Morgan fingerprint density at radius 3 is 1.23 bits per heavy atom. The molecule has 11 aromatic rings. The predicted octanol–water partition coefficient (Wildman–Crippen LogP) is 14.1. The van der Waals surface area contributed by atoms with Crippen LogP contribution in [0.2, 0.25) is 0 Å². The minimum absolute atomic E-state index is 1.13. The van der Waals surface area contributed by atoms with Crippen LogP contribution in [-0.4, -0.2) is 19.1 Å². The summed E-state index contributed by atoms with van der Waals surface area (Å²) < 4.78 is 4.70. The van der Waals surface area contributed by atoms with E-state index in [1.165, 1.54) is 63.7 Å². The van der Waals surface area contributed by atoms with Gasteiger partial charge in [-0.05, 0) is 133 Å². The molecule has 4 nitrogen and oxygen atoms in total. The minimum atomic E-state index is 1.13. The molecule has 0 bridgehead atoms. The summed E-state index contributed by atoms with van der Waals surface area (Å²) in [5.41, 5.74) is 14.1. The second-order valence-electron chi connectivity index (χ2n) is 14.4. The second kappa shape index (κ2) is 13.0. The van der Waals surface area contributed by atoms with Crippen LogP contribution in [-0.2, 0) is 0 Å². The molecule has 0 saturated heterocycles. The standard InChI is InChI=1S/C50H34N4S2/c1-31-13-19-49(55-31)41-27-37(33-15-17-45-39(25-33)43-29-51-23-21-47(43)53(45)35-9-5-3-6-10-35)38(28-42(41)50-20-14-32(2)56-50)34-16-18-46-40(26-34)44-30-52-24-22-48(44)54(46)36-11-7-4-8-12-36/h3-30H,1-2H3. The first-order valence-corrected chi connectivity index (χ1v) is 20.4. The van der Waals surface area contributed by atoms with Crippen LogP contribution in [0.25, 0.3) is 98.1 Å². The SMILES string of the molecule is Cc1ccc(-c2cc(-c3ccc4c(c3)c3cnccc3n4-c3ccccc3)c(-c3ccc4c(c3)c3cnccc3n4-c3ccccc3)cc2-c2ccc(C)s2)s1. The highest BCUT2D eigenvalue weighted by molar-refractivity contribution is 7.16. The molecule has 266 valence electrons. The summed E-state index contributed by atoms with van der Waals surface area (Å²) in [6.45, 7) is 4.39. The smallest absolute Gasteiger partial charge is 0.0571 e. The molecule has 0 saturated carbocycles. The number of aryl methyl sites for hydroxylation is 2. The fourth-order valence-corrected chi connectivity index (χ4v) is 10.2. The number of pyridine rings is 2. The van der Waals surface area contributed by atoms with E-state index in [1.54, 1.807) is 0 Å². The number of rotatable bonds is 6. The fraction of sp³-hybridized carbons (Fsp3) is 0.0400. The summed E-state index contributed by atoms with van der Waals surface area (Å²) >= 11 is 3.71. The van der Waals surface area contributed by atoms with Crippen molar-refractivity contribution in [2.45, 2.75) is 13.8 Å². The molecule has 0 spiro atoms. The van der Waals surface area contributed by atoms with E-state index < -0.39 is 0 Å².